The van der Waals surface area contributed by atoms with Gasteiger partial charge in [-0.25, -0.2) is 0 Å². The van der Waals surface area contributed by atoms with Gasteiger partial charge in [0.15, 0.2) is 0 Å². The molecule has 2 aliphatic rings. The van der Waals surface area contributed by atoms with Crippen LogP contribution in [0.2, 0.25) is 0 Å². The second-order valence-electron chi connectivity index (χ2n) is 2.43. The van der Waals surface area contributed by atoms with Gasteiger partial charge in [-0.3, -0.25) is 5.43 Å². The van der Waals surface area contributed by atoms with E-state index in [2.05, 4.69) is 38.6 Å². The largest absolute Gasteiger partial charge is 0.314 e. The van der Waals surface area contributed by atoms with Crippen molar-refractivity contribution in [1.82, 2.24) is 16.1 Å². The Morgan fingerprint density at radius 2 is 1.67 bits per heavy atom. The second kappa shape index (κ2) is 5.99. The quantitative estimate of drug-likeness (QED) is 0.446. The first-order valence-electron chi connectivity index (χ1n) is 3.96. The third kappa shape index (κ3) is 4.32. The fourth-order valence-electron chi connectivity index (χ4n) is 0.830. The van der Waals surface area contributed by atoms with Gasteiger partial charge in [-0.15, -0.1) is 0 Å². The lowest BCUT2D eigenvalue weighted by molar-refractivity contribution is 0.534. The van der Waals surface area contributed by atoms with Crippen molar-refractivity contribution in [1.29, 1.82) is 0 Å². The normalized spacial score (nSPS) is 21.2. The van der Waals surface area contributed by atoms with Crippen LogP contribution >= 0.6 is 12.2 Å². The van der Waals surface area contributed by atoms with Gasteiger partial charge in [-0.1, -0.05) is 17.4 Å². The molecule has 0 aromatic rings. The highest BCUT2D eigenvalue weighted by molar-refractivity contribution is 7.80. The van der Waals surface area contributed by atoms with Crippen molar-refractivity contribution in [2.45, 2.75) is 0 Å². The van der Waals surface area contributed by atoms with Gasteiger partial charge in [-0.2, -0.15) is 5.11 Å². The summed E-state index contributed by atoms with van der Waals surface area (Å²) in [6.45, 7) is 5.12. The Morgan fingerprint density at radius 3 is 1.83 bits per heavy atom. The Morgan fingerprint density at radius 1 is 1.08 bits per heavy atom. The van der Waals surface area contributed by atoms with E-state index in [1.54, 1.807) is 0 Å². The molecule has 0 bridgehead atoms. The number of rotatable bonds is 0. The van der Waals surface area contributed by atoms with Crippen molar-refractivity contribution in [3.63, 3.8) is 0 Å². The van der Waals surface area contributed by atoms with Crippen molar-refractivity contribution < 1.29 is 0 Å². The zero-order valence-corrected chi connectivity index (χ0v) is 7.65. The molecule has 0 spiro atoms. The molecule has 0 aromatic heterocycles. The standard InChI is InChI=1S/C4H10N2.C2H3N3S/c1-2-6-4-3-5-1;6-2-1-3-5-4-2/h5-6H,1-4H2;1H2,(H,3,4,6). The van der Waals surface area contributed by atoms with E-state index in [4.69, 9.17) is 0 Å². The molecule has 0 radical (unpaired) electrons. The Kier molecular flexibility index (Phi) is 4.74. The van der Waals surface area contributed by atoms with Crippen LogP contribution in [0.4, 0.5) is 0 Å². The number of hydrogen-bond donors (Lipinski definition) is 3. The summed E-state index contributed by atoms with van der Waals surface area (Å²) in [5, 5.41) is 13.4. The third-order valence-corrected chi connectivity index (χ3v) is 1.64. The van der Waals surface area contributed by atoms with Crippen molar-refractivity contribution in [2.75, 3.05) is 32.7 Å². The molecule has 1 fully saturated rings. The molecule has 0 aromatic carbocycles. The fraction of sp³-hybridized carbons (Fsp3) is 0.833. The molecule has 0 aliphatic carbocycles. The fourth-order valence-corrected chi connectivity index (χ4v) is 0.928. The van der Waals surface area contributed by atoms with E-state index >= 15 is 0 Å². The van der Waals surface area contributed by atoms with Gasteiger partial charge in [0.2, 0.25) is 0 Å². The van der Waals surface area contributed by atoms with Crippen LogP contribution in [0.3, 0.4) is 0 Å². The zero-order valence-electron chi connectivity index (χ0n) is 6.84. The van der Waals surface area contributed by atoms with Gasteiger partial charge in [0, 0.05) is 26.2 Å². The van der Waals surface area contributed by atoms with Crippen LogP contribution in [0.15, 0.2) is 10.3 Å². The number of piperazine rings is 1. The first kappa shape index (κ1) is 9.50. The first-order chi connectivity index (χ1) is 5.89. The highest BCUT2D eigenvalue weighted by atomic mass is 32.1. The minimum absolute atomic E-state index is 0.565. The lowest BCUT2D eigenvalue weighted by atomic mass is 10.4. The van der Waals surface area contributed by atoms with Crippen LogP contribution in [0.25, 0.3) is 0 Å². The molecular formula is C6H13N5S. The first-order valence-corrected chi connectivity index (χ1v) is 4.37. The van der Waals surface area contributed by atoms with Gasteiger partial charge < -0.3 is 10.6 Å². The van der Waals surface area contributed by atoms with E-state index in [-0.39, 0.29) is 0 Å². The molecular weight excluding hydrogens is 174 g/mol. The average Bonchev–Trinajstić information content (AvgIpc) is 2.60. The minimum Gasteiger partial charge on any atom is -0.314 e. The summed E-state index contributed by atoms with van der Waals surface area (Å²) in [6, 6.07) is 0. The topological polar surface area (TPSA) is 60.8 Å². The highest BCUT2D eigenvalue weighted by Crippen LogP contribution is 1.83. The maximum atomic E-state index is 4.62. The summed E-state index contributed by atoms with van der Waals surface area (Å²) >= 11 is 4.62. The molecule has 0 unspecified atom stereocenters. The molecule has 0 saturated carbocycles. The van der Waals surface area contributed by atoms with Crippen LogP contribution in [0.5, 0.6) is 0 Å². The SMILES string of the molecule is C1CNCCN1.S=C1CN=NN1. The predicted molar refractivity (Wildman–Crippen MR) is 51.2 cm³/mol. The van der Waals surface area contributed by atoms with Crippen molar-refractivity contribution >= 4 is 17.2 Å². The van der Waals surface area contributed by atoms with Gasteiger partial charge in [0.1, 0.15) is 11.5 Å². The van der Waals surface area contributed by atoms with Crippen molar-refractivity contribution in [3.05, 3.63) is 0 Å². The maximum absolute atomic E-state index is 4.62. The van der Waals surface area contributed by atoms with E-state index in [1.807, 2.05) is 0 Å². The minimum atomic E-state index is 0.565. The van der Waals surface area contributed by atoms with Gasteiger partial charge in [0.05, 0.1) is 0 Å². The molecule has 2 heterocycles. The summed E-state index contributed by atoms with van der Waals surface area (Å²) in [7, 11) is 0. The summed E-state index contributed by atoms with van der Waals surface area (Å²) in [5.41, 5.74) is 2.51. The summed E-state index contributed by atoms with van der Waals surface area (Å²) in [4.78, 5) is 0.704. The van der Waals surface area contributed by atoms with Gasteiger partial charge >= 0.3 is 0 Å². The molecule has 68 valence electrons. The van der Waals surface area contributed by atoms with E-state index in [1.165, 1.54) is 0 Å². The van der Waals surface area contributed by atoms with Crippen LogP contribution < -0.4 is 16.1 Å². The summed E-state index contributed by atoms with van der Waals surface area (Å²) in [5.74, 6) is 0. The molecule has 0 amide bonds. The average molecular weight is 187 g/mol. The van der Waals surface area contributed by atoms with Crippen molar-refractivity contribution in [2.24, 2.45) is 10.3 Å². The number of nitrogens with one attached hydrogen (secondary N) is 3. The van der Waals surface area contributed by atoms with E-state index in [0.29, 0.717) is 11.5 Å². The van der Waals surface area contributed by atoms with Crippen LogP contribution in [0, 0.1) is 0 Å². The van der Waals surface area contributed by atoms with Crippen molar-refractivity contribution in [3.8, 4) is 0 Å². The molecule has 3 N–H and O–H groups in total. The molecule has 2 aliphatic heterocycles. The van der Waals surface area contributed by atoms with Crippen LogP contribution in [-0.2, 0) is 0 Å². The number of hydrogen-bond acceptors (Lipinski definition) is 5. The zero-order chi connectivity index (χ0) is 8.65. The molecule has 12 heavy (non-hydrogen) atoms. The molecule has 5 nitrogen and oxygen atoms in total. The van der Waals surface area contributed by atoms with E-state index in [9.17, 15) is 0 Å². The van der Waals surface area contributed by atoms with Gasteiger partial charge in [0.25, 0.3) is 0 Å². The molecule has 0 atom stereocenters. The Balaban J connectivity index is 0.000000120. The Labute approximate surface area is 77.0 Å². The lowest BCUT2D eigenvalue weighted by Crippen LogP contribution is -2.39. The lowest BCUT2D eigenvalue weighted by Gasteiger charge is -2.11. The smallest absolute Gasteiger partial charge is 0.121 e. The van der Waals surface area contributed by atoms with Crippen LogP contribution in [0.1, 0.15) is 0 Å². The highest BCUT2D eigenvalue weighted by Gasteiger charge is 1.95. The number of nitrogens with zero attached hydrogens (tertiary/aromatic N) is 2. The Bertz CT molecular complexity index is 144. The Hall–Kier alpha value is -0.590. The van der Waals surface area contributed by atoms with E-state index < -0.39 is 0 Å². The number of thiocarbonyl (C=S) groups is 1. The summed E-state index contributed by atoms with van der Waals surface area (Å²) < 4.78 is 0. The maximum Gasteiger partial charge on any atom is 0.121 e. The predicted octanol–water partition coefficient (Wildman–Crippen LogP) is -0.537. The van der Waals surface area contributed by atoms with Gasteiger partial charge in [-0.05, 0) is 0 Å². The van der Waals surface area contributed by atoms with E-state index in [0.717, 1.165) is 26.2 Å². The molecule has 1 saturated heterocycles. The molecule has 2 rings (SSSR count). The summed E-state index contributed by atoms with van der Waals surface area (Å²) in [6.07, 6.45) is 0. The second-order valence-corrected chi connectivity index (χ2v) is 2.93. The van der Waals surface area contributed by atoms with Crippen LogP contribution in [-0.4, -0.2) is 37.7 Å². The third-order valence-electron chi connectivity index (χ3n) is 1.42. The monoisotopic (exact) mass is 187 g/mol. The molecule has 6 heteroatoms.